The fraction of sp³-hybridized carbons (Fsp3) is 0.0500. The fourth-order valence-corrected chi connectivity index (χ4v) is 2.79. The second kappa shape index (κ2) is 8.32. The zero-order valence-electron chi connectivity index (χ0n) is 14.6. The molecule has 0 bridgehead atoms. The number of alkyl halides is 3. The quantitative estimate of drug-likeness (QED) is 0.403. The summed E-state index contributed by atoms with van der Waals surface area (Å²) in [5.74, 6) is -0.824. The molecule has 146 valence electrons. The Morgan fingerprint density at radius 2 is 1.93 bits per heavy atom. The number of hydrogen-bond donors (Lipinski definition) is 2. The van der Waals surface area contributed by atoms with E-state index in [1.807, 2.05) is 24.3 Å². The highest BCUT2D eigenvalue weighted by Crippen LogP contribution is 2.31. The molecule has 1 aromatic heterocycles. The second-order valence-electron chi connectivity index (χ2n) is 5.91. The van der Waals surface area contributed by atoms with Gasteiger partial charge in [0.15, 0.2) is 0 Å². The molecule has 0 atom stereocenters. The summed E-state index contributed by atoms with van der Waals surface area (Å²) in [7, 11) is 0. The van der Waals surface area contributed by atoms with Gasteiger partial charge in [0, 0.05) is 21.3 Å². The molecule has 1 heterocycles. The summed E-state index contributed by atoms with van der Waals surface area (Å²) in [6, 6.07) is 13.3. The first kappa shape index (κ1) is 20.4. The number of hydrogen-bond acceptors (Lipinski definition) is 3. The molecule has 0 aliphatic heterocycles. The smallest absolute Gasteiger partial charge is 0.321 e. The highest BCUT2D eigenvalue weighted by Gasteiger charge is 2.30. The molecule has 0 fully saturated rings. The highest BCUT2D eigenvalue weighted by atomic mass is 79.9. The summed E-state index contributed by atoms with van der Waals surface area (Å²) in [4.78, 5) is 12.4. The predicted molar refractivity (Wildman–Crippen MR) is 105 cm³/mol. The molecule has 29 heavy (non-hydrogen) atoms. The molecule has 5 nitrogen and oxygen atoms in total. The van der Waals surface area contributed by atoms with Gasteiger partial charge in [-0.2, -0.15) is 23.5 Å². The van der Waals surface area contributed by atoms with E-state index in [-0.39, 0.29) is 11.3 Å². The van der Waals surface area contributed by atoms with Gasteiger partial charge >= 0.3 is 6.18 Å². The number of rotatable bonds is 4. The van der Waals surface area contributed by atoms with Crippen LogP contribution in [0.25, 0.3) is 17.3 Å². The summed E-state index contributed by atoms with van der Waals surface area (Å²) in [6.45, 7) is 0. The Bertz CT molecular complexity index is 1110. The van der Waals surface area contributed by atoms with Crippen molar-refractivity contribution in [1.29, 1.82) is 5.26 Å². The Hall–Kier alpha value is -3.38. The first-order valence-corrected chi connectivity index (χ1v) is 8.97. The van der Waals surface area contributed by atoms with Crippen molar-refractivity contribution in [2.45, 2.75) is 6.18 Å². The van der Waals surface area contributed by atoms with Gasteiger partial charge in [-0.3, -0.25) is 9.89 Å². The standard InChI is InChI=1S/C20H12BrF3N4O/c21-16-6-4-12(5-7-16)18-14(11-26-28-18)8-13(10-25)19(29)27-17-3-1-2-15(9-17)20(22,23)24/h1-9,11H,(H,26,28)(H,27,29). The van der Waals surface area contributed by atoms with Crippen LogP contribution in [0.3, 0.4) is 0 Å². The molecule has 0 saturated carbocycles. The molecule has 9 heteroatoms. The number of aromatic nitrogens is 2. The number of amides is 1. The monoisotopic (exact) mass is 460 g/mol. The van der Waals surface area contributed by atoms with Gasteiger partial charge < -0.3 is 5.32 Å². The van der Waals surface area contributed by atoms with E-state index in [1.54, 1.807) is 6.07 Å². The molecule has 0 aliphatic carbocycles. The van der Waals surface area contributed by atoms with Crippen LogP contribution < -0.4 is 5.32 Å². The molecule has 0 spiro atoms. The number of benzene rings is 2. The molecule has 2 N–H and O–H groups in total. The van der Waals surface area contributed by atoms with E-state index in [1.165, 1.54) is 24.4 Å². The van der Waals surface area contributed by atoms with Crippen LogP contribution in [0.4, 0.5) is 18.9 Å². The molecular weight excluding hydrogens is 449 g/mol. The van der Waals surface area contributed by atoms with Gasteiger partial charge in [0.05, 0.1) is 17.5 Å². The Kier molecular flexibility index (Phi) is 5.84. The summed E-state index contributed by atoms with van der Waals surface area (Å²) < 4.78 is 39.4. The number of carbonyl (C=O) groups is 1. The number of halogens is 4. The van der Waals surface area contributed by atoms with Crippen molar-refractivity contribution >= 4 is 33.6 Å². The largest absolute Gasteiger partial charge is 0.416 e. The normalized spacial score (nSPS) is 11.8. The Labute approximate surface area is 172 Å². The fourth-order valence-electron chi connectivity index (χ4n) is 2.53. The lowest BCUT2D eigenvalue weighted by molar-refractivity contribution is -0.137. The van der Waals surface area contributed by atoms with Crippen molar-refractivity contribution < 1.29 is 18.0 Å². The molecule has 0 radical (unpaired) electrons. The number of anilines is 1. The number of nitrogens with zero attached hydrogens (tertiary/aromatic N) is 2. The number of carbonyl (C=O) groups excluding carboxylic acids is 1. The lowest BCUT2D eigenvalue weighted by Gasteiger charge is -2.09. The van der Waals surface area contributed by atoms with Crippen LogP contribution in [-0.4, -0.2) is 16.1 Å². The molecule has 3 aromatic rings. The van der Waals surface area contributed by atoms with Gasteiger partial charge in [-0.1, -0.05) is 34.1 Å². The average molecular weight is 461 g/mol. The van der Waals surface area contributed by atoms with Gasteiger partial charge in [-0.15, -0.1) is 0 Å². The molecule has 1 amide bonds. The van der Waals surface area contributed by atoms with Crippen molar-refractivity contribution in [3.05, 3.63) is 75.9 Å². The van der Waals surface area contributed by atoms with Crippen molar-refractivity contribution in [3.63, 3.8) is 0 Å². The molecule has 2 aromatic carbocycles. The maximum Gasteiger partial charge on any atom is 0.416 e. The maximum atomic E-state index is 12.8. The SMILES string of the molecule is N#CC(=Cc1cn[nH]c1-c1ccc(Br)cc1)C(=O)Nc1cccc(C(F)(F)F)c1. The number of H-pyrrole nitrogens is 1. The highest BCUT2D eigenvalue weighted by molar-refractivity contribution is 9.10. The molecule has 0 unspecified atom stereocenters. The summed E-state index contributed by atoms with van der Waals surface area (Å²) in [6.07, 6.45) is -1.76. The van der Waals surface area contributed by atoms with Crippen molar-refractivity contribution in [2.75, 3.05) is 5.32 Å². The van der Waals surface area contributed by atoms with Crippen LogP contribution in [0.5, 0.6) is 0 Å². The number of nitriles is 1. The third-order valence-electron chi connectivity index (χ3n) is 3.91. The van der Waals surface area contributed by atoms with Gasteiger partial charge in [-0.05, 0) is 36.4 Å². The van der Waals surface area contributed by atoms with Crippen molar-refractivity contribution in [2.24, 2.45) is 0 Å². The van der Waals surface area contributed by atoms with Gasteiger partial charge in [0.25, 0.3) is 5.91 Å². The summed E-state index contributed by atoms with van der Waals surface area (Å²) >= 11 is 3.34. The van der Waals surface area contributed by atoms with E-state index in [4.69, 9.17) is 0 Å². The zero-order valence-corrected chi connectivity index (χ0v) is 16.2. The van der Waals surface area contributed by atoms with E-state index in [0.717, 1.165) is 22.2 Å². The van der Waals surface area contributed by atoms with Crippen LogP contribution in [0.2, 0.25) is 0 Å². The topological polar surface area (TPSA) is 81.6 Å². The van der Waals surface area contributed by atoms with Crippen LogP contribution in [-0.2, 0) is 11.0 Å². The van der Waals surface area contributed by atoms with E-state index in [2.05, 4.69) is 31.4 Å². The van der Waals surface area contributed by atoms with Gasteiger partial charge in [0.1, 0.15) is 11.6 Å². The minimum Gasteiger partial charge on any atom is -0.321 e. The van der Waals surface area contributed by atoms with Crippen molar-refractivity contribution in [1.82, 2.24) is 10.2 Å². The molecular formula is C20H12BrF3N4O. The molecule has 3 rings (SSSR count). The third kappa shape index (κ3) is 4.92. The number of aromatic amines is 1. The lowest BCUT2D eigenvalue weighted by Crippen LogP contribution is -2.14. The molecule has 0 aliphatic rings. The Morgan fingerprint density at radius 3 is 2.59 bits per heavy atom. The Balaban J connectivity index is 1.86. The van der Waals surface area contributed by atoms with E-state index in [9.17, 15) is 23.2 Å². The Morgan fingerprint density at radius 1 is 1.21 bits per heavy atom. The second-order valence-corrected chi connectivity index (χ2v) is 6.83. The minimum atomic E-state index is -4.54. The van der Waals surface area contributed by atoms with Crippen LogP contribution in [0.15, 0.2) is 64.8 Å². The zero-order chi connectivity index (χ0) is 21.0. The average Bonchev–Trinajstić information content (AvgIpc) is 3.14. The van der Waals surface area contributed by atoms with E-state index in [0.29, 0.717) is 11.3 Å². The van der Waals surface area contributed by atoms with Crippen molar-refractivity contribution in [3.8, 4) is 17.3 Å². The first-order chi connectivity index (χ1) is 13.8. The van der Waals surface area contributed by atoms with E-state index < -0.39 is 17.6 Å². The van der Waals surface area contributed by atoms with Crippen LogP contribution in [0.1, 0.15) is 11.1 Å². The number of nitrogens with one attached hydrogen (secondary N) is 2. The van der Waals surface area contributed by atoms with Gasteiger partial charge in [-0.25, -0.2) is 0 Å². The predicted octanol–water partition coefficient (Wildman–Crippen LogP) is 5.40. The molecule has 0 saturated heterocycles. The third-order valence-corrected chi connectivity index (χ3v) is 4.44. The summed E-state index contributed by atoms with van der Waals surface area (Å²) in [5, 5.41) is 18.4. The minimum absolute atomic E-state index is 0.0636. The first-order valence-electron chi connectivity index (χ1n) is 8.17. The van der Waals surface area contributed by atoms with Crippen LogP contribution in [0, 0.1) is 11.3 Å². The maximum absolute atomic E-state index is 12.8. The lowest BCUT2D eigenvalue weighted by atomic mass is 10.1. The van der Waals surface area contributed by atoms with E-state index >= 15 is 0 Å². The van der Waals surface area contributed by atoms with Gasteiger partial charge in [0.2, 0.25) is 0 Å². The summed E-state index contributed by atoms with van der Waals surface area (Å²) in [5.41, 5.74) is 0.631. The van der Waals surface area contributed by atoms with Crippen LogP contribution >= 0.6 is 15.9 Å².